The van der Waals surface area contributed by atoms with E-state index in [9.17, 15) is 10.3 Å². The number of benzene rings is 4. The van der Waals surface area contributed by atoms with Crippen LogP contribution in [0.1, 0.15) is 21.5 Å². The summed E-state index contributed by atoms with van der Waals surface area (Å²) in [6.45, 7) is 0.292. The molecule has 0 bridgehead atoms. The van der Waals surface area contributed by atoms with Crippen LogP contribution in [0.5, 0.6) is 0 Å². The molecule has 0 radical (unpaired) electrons. The lowest BCUT2D eigenvalue weighted by atomic mass is 9.93. The van der Waals surface area contributed by atoms with E-state index in [1.807, 2.05) is 72.8 Å². The lowest BCUT2D eigenvalue weighted by Gasteiger charge is -2.43. The molecule has 41 heavy (non-hydrogen) atoms. The van der Waals surface area contributed by atoms with Crippen molar-refractivity contribution in [1.29, 1.82) is 5.41 Å². The fourth-order valence-electron chi connectivity index (χ4n) is 4.91. The fourth-order valence-corrected chi connectivity index (χ4v) is 4.91. The number of nitrogens with one attached hydrogen (secondary N) is 1. The minimum Gasteiger partial charge on any atom is -0.459 e. The van der Waals surface area contributed by atoms with Crippen molar-refractivity contribution < 1.29 is 23.7 Å². The molecule has 4 aromatic carbocycles. The van der Waals surface area contributed by atoms with Crippen molar-refractivity contribution in [3.63, 3.8) is 0 Å². The number of nitrogens with zero attached hydrogens (tertiary/aromatic N) is 3. The predicted octanol–water partition coefficient (Wildman–Crippen LogP) is 6.26. The lowest BCUT2D eigenvalue weighted by molar-refractivity contribution is -0.210. The van der Waals surface area contributed by atoms with Gasteiger partial charge in [0.25, 0.3) is 0 Å². The molecule has 1 heterocycles. The van der Waals surface area contributed by atoms with E-state index in [0.29, 0.717) is 5.56 Å². The molecular weight excluding hydrogens is 520 g/mol. The second kappa shape index (κ2) is 13.7. The van der Waals surface area contributed by atoms with Crippen LogP contribution in [0.25, 0.3) is 21.2 Å². The third-order valence-corrected chi connectivity index (χ3v) is 6.97. The molecule has 0 aromatic heterocycles. The van der Waals surface area contributed by atoms with Crippen molar-refractivity contribution >= 4 is 23.0 Å². The van der Waals surface area contributed by atoms with Crippen molar-refractivity contribution in [3.05, 3.63) is 130 Å². The van der Waals surface area contributed by atoms with E-state index < -0.39 is 36.4 Å². The molecule has 3 unspecified atom stereocenters. The van der Waals surface area contributed by atoms with Crippen LogP contribution in [-0.4, -0.2) is 49.2 Å². The molecule has 0 spiro atoms. The summed E-state index contributed by atoms with van der Waals surface area (Å²) in [7, 11) is 0. The predicted molar refractivity (Wildman–Crippen MR) is 155 cm³/mol. The summed E-state index contributed by atoms with van der Waals surface area (Å²) < 4.78 is 24.6. The first-order chi connectivity index (χ1) is 20.2. The smallest absolute Gasteiger partial charge is 0.338 e. The molecule has 5 rings (SSSR count). The Balaban J connectivity index is 1.42. The first-order valence-electron chi connectivity index (χ1n) is 13.3. The normalized spacial score (nSPS) is 22.0. The SMILES string of the molecule is [N-]=[N+]=N[C@H]1C(C=N)OC(COC(=O)c2ccccc2)C(OCc2ccc3ccccc3c2)[C@H]1OCc1ccccc1. The number of ether oxygens (including phenoxy) is 4. The number of carbonyl (C=O) groups excluding carboxylic acids is 1. The minimum atomic E-state index is -0.896. The van der Waals surface area contributed by atoms with Crippen molar-refractivity contribution in [2.24, 2.45) is 5.11 Å². The van der Waals surface area contributed by atoms with E-state index in [-0.39, 0.29) is 19.8 Å². The molecule has 208 valence electrons. The van der Waals surface area contributed by atoms with Gasteiger partial charge in [0, 0.05) is 11.1 Å². The van der Waals surface area contributed by atoms with E-state index in [1.54, 1.807) is 24.3 Å². The van der Waals surface area contributed by atoms with Crippen molar-refractivity contribution in [1.82, 2.24) is 0 Å². The van der Waals surface area contributed by atoms with E-state index in [1.165, 1.54) is 0 Å². The third-order valence-electron chi connectivity index (χ3n) is 6.97. The number of fused-ring (bicyclic) bond motifs is 1. The summed E-state index contributed by atoms with van der Waals surface area (Å²) in [6.07, 6.45) is -2.18. The van der Waals surface area contributed by atoms with Gasteiger partial charge in [-0.2, -0.15) is 0 Å². The Morgan fingerprint density at radius 1 is 0.854 bits per heavy atom. The van der Waals surface area contributed by atoms with Gasteiger partial charge in [0.15, 0.2) is 0 Å². The lowest BCUT2D eigenvalue weighted by Crippen LogP contribution is -2.60. The molecule has 1 fully saturated rings. The quantitative estimate of drug-likeness (QED) is 0.0775. The molecule has 4 aromatic rings. The molecule has 1 aliphatic heterocycles. The van der Waals surface area contributed by atoms with Crippen LogP contribution >= 0.6 is 0 Å². The van der Waals surface area contributed by atoms with E-state index in [4.69, 9.17) is 24.4 Å². The summed E-state index contributed by atoms with van der Waals surface area (Å²) in [5.41, 5.74) is 11.6. The second-order valence-electron chi connectivity index (χ2n) is 9.68. The summed E-state index contributed by atoms with van der Waals surface area (Å²) in [5.74, 6) is -0.507. The van der Waals surface area contributed by atoms with E-state index >= 15 is 0 Å². The molecule has 1 aliphatic rings. The molecular formula is C32H30N4O5. The van der Waals surface area contributed by atoms with Gasteiger partial charge in [-0.1, -0.05) is 90.0 Å². The van der Waals surface area contributed by atoms with Gasteiger partial charge in [0.1, 0.15) is 24.9 Å². The summed E-state index contributed by atoms with van der Waals surface area (Å²) in [6, 6.07) is 31.5. The maximum absolute atomic E-state index is 12.7. The summed E-state index contributed by atoms with van der Waals surface area (Å²) in [4.78, 5) is 15.8. The summed E-state index contributed by atoms with van der Waals surface area (Å²) in [5, 5.41) is 14.1. The largest absolute Gasteiger partial charge is 0.459 e. The Labute approximate surface area is 237 Å². The van der Waals surface area contributed by atoms with Crippen molar-refractivity contribution in [2.45, 2.75) is 43.7 Å². The first kappa shape index (κ1) is 28.0. The van der Waals surface area contributed by atoms with Crippen LogP contribution in [0.2, 0.25) is 0 Å². The highest BCUT2D eigenvalue weighted by Gasteiger charge is 2.47. The highest BCUT2D eigenvalue weighted by atomic mass is 16.6. The first-order valence-corrected chi connectivity index (χ1v) is 13.3. The Morgan fingerprint density at radius 2 is 1.51 bits per heavy atom. The van der Waals surface area contributed by atoms with Gasteiger partial charge in [-0.05, 0) is 45.6 Å². The number of hydrogen-bond acceptors (Lipinski definition) is 7. The molecule has 0 saturated carbocycles. The number of esters is 1. The highest BCUT2D eigenvalue weighted by Crippen LogP contribution is 2.30. The van der Waals surface area contributed by atoms with Gasteiger partial charge >= 0.3 is 5.97 Å². The van der Waals surface area contributed by atoms with Crippen molar-refractivity contribution in [2.75, 3.05) is 6.61 Å². The molecule has 0 aliphatic carbocycles. The van der Waals surface area contributed by atoms with Crippen LogP contribution in [-0.2, 0) is 32.2 Å². The van der Waals surface area contributed by atoms with E-state index in [0.717, 1.165) is 28.1 Å². The Bertz CT molecular complexity index is 1510. The Kier molecular flexibility index (Phi) is 9.36. The zero-order valence-electron chi connectivity index (χ0n) is 22.3. The molecule has 1 N–H and O–H groups in total. The molecule has 9 nitrogen and oxygen atoms in total. The summed E-state index contributed by atoms with van der Waals surface area (Å²) >= 11 is 0. The van der Waals surface area contributed by atoms with Gasteiger partial charge < -0.3 is 24.4 Å². The maximum Gasteiger partial charge on any atom is 0.338 e. The topological polar surface area (TPSA) is 127 Å². The van der Waals surface area contributed by atoms with Crippen LogP contribution < -0.4 is 0 Å². The maximum atomic E-state index is 12.7. The molecule has 0 amide bonds. The van der Waals surface area contributed by atoms with Gasteiger partial charge in [-0.3, -0.25) is 0 Å². The van der Waals surface area contributed by atoms with Gasteiger partial charge in [0.05, 0.1) is 30.9 Å². The Hall–Kier alpha value is -4.53. The van der Waals surface area contributed by atoms with Gasteiger partial charge in [0.2, 0.25) is 0 Å². The number of carbonyl (C=O) groups is 1. The zero-order chi connectivity index (χ0) is 28.4. The molecule has 1 saturated heterocycles. The number of hydrogen-bond donors (Lipinski definition) is 1. The highest BCUT2D eigenvalue weighted by molar-refractivity contribution is 5.89. The second-order valence-corrected chi connectivity index (χ2v) is 9.68. The van der Waals surface area contributed by atoms with Gasteiger partial charge in [-0.25, -0.2) is 4.79 Å². The standard InChI is InChI=1S/C32H30N4O5/c33-18-27-29(35-36-34)31(39-19-22-9-3-1-4-10-22)30(28(41-27)21-40-32(37)25-12-5-2-6-13-25)38-20-23-15-16-24-11-7-8-14-26(24)17-23/h1-18,27-31,33H,19-21H2/t27?,28?,29-,30?,31-/m0/s1. The molecule has 9 heteroatoms. The average molecular weight is 551 g/mol. The zero-order valence-corrected chi connectivity index (χ0v) is 22.3. The minimum absolute atomic E-state index is 0.144. The number of azide groups is 1. The van der Waals surface area contributed by atoms with Crippen LogP contribution in [0, 0.1) is 5.41 Å². The van der Waals surface area contributed by atoms with Crippen LogP contribution in [0.4, 0.5) is 0 Å². The fraction of sp³-hybridized carbons (Fsp3) is 0.250. The van der Waals surface area contributed by atoms with Crippen LogP contribution in [0.15, 0.2) is 108 Å². The third kappa shape index (κ3) is 6.98. The Morgan fingerprint density at radius 3 is 2.24 bits per heavy atom. The average Bonchev–Trinajstić information content (AvgIpc) is 3.03. The number of rotatable bonds is 11. The van der Waals surface area contributed by atoms with Crippen LogP contribution in [0.3, 0.4) is 0 Å². The molecule has 5 atom stereocenters. The van der Waals surface area contributed by atoms with E-state index in [2.05, 4.69) is 16.1 Å². The van der Waals surface area contributed by atoms with Gasteiger partial charge in [-0.15, -0.1) is 0 Å². The van der Waals surface area contributed by atoms with Crippen molar-refractivity contribution in [3.8, 4) is 0 Å². The monoisotopic (exact) mass is 550 g/mol.